The maximum absolute atomic E-state index is 12.4. The SMILES string of the molecule is Cc1ccc(S(=O)(=O)N[C@@H](C[C@@H]2C=CC(=O)C([N+](=O)[O-])=C2)C(=O)O)cc1. The monoisotopic (exact) mass is 380 g/mol. The number of benzene rings is 1. The van der Waals surface area contributed by atoms with Crippen molar-refractivity contribution in [1.29, 1.82) is 0 Å². The zero-order valence-corrected chi connectivity index (χ0v) is 14.5. The van der Waals surface area contributed by atoms with E-state index in [9.17, 15) is 33.2 Å². The highest BCUT2D eigenvalue weighted by molar-refractivity contribution is 7.89. The molecule has 138 valence electrons. The van der Waals surface area contributed by atoms with Crippen molar-refractivity contribution in [1.82, 2.24) is 4.72 Å². The summed E-state index contributed by atoms with van der Waals surface area (Å²) in [7, 11) is -4.09. The second kappa shape index (κ2) is 7.58. The summed E-state index contributed by atoms with van der Waals surface area (Å²) in [6.07, 6.45) is 3.04. The Morgan fingerprint density at radius 1 is 1.35 bits per heavy atom. The van der Waals surface area contributed by atoms with Crippen molar-refractivity contribution in [3.63, 3.8) is 0 Å². The van der Waals surface area contributed by atoms with Crippen LogP contribution in [0.25, 0.3) is 0 Å². The van der Waals surface area contributed by atoms with Crippen molar-refractivity contribution in [2.24, 2.45) is 5.92 Å². The number of nitrogens with zero attached hydrogens (tertiary/aromatic N) is 1. The lowest BCUT2D eigenvalue weighted by Crippen LogP contribution is -2.42. The van der Waals surface area contributed by atoms with Crippen LogP contribution < -0.4 is 4.72 Å². The fraction of sp³-hybridized carbons (Fsp3) is 0.250. The molecule has 0 saturated heterocycles. The van der Waals surface area contributed by atoms with E-state index in [1.54, 1.807) is 19.1 Å². The normalized spacial score (nSPS) is 18.3. The predicted molar refractivity (Wildman–Crippen MR) is 90.3 cm³/mol. The average Bonchev–Trinajstić information content (AvgIpc) is 2.55. The molecule has 10 heteroatoms. The summed E-state index contributed by atoms with van der Waals surface area (Å²) in [5.74, 6) is -2.99. The fourth-order valence-electron chi connectivity index (χ4n) is 2.38. The van der Waals surface area contributed by atoms with Gasteiger partial charge in [-0.25, -0.2) is 8.42 Å². The number of hydrogen-bond acceptors (Lipinski definition) is 6. The number of ketones is 1. The van der Waals surface area contributed by atoms with Gasteiger partial charge in [-0.3, -0.25) is 19.7 Å². The largest absolute Gasteiger partial charge is 0.480 e. The van der Waals surface area contributed by atoms with Crippen LogP contribution in [0.15, 0.2) is 53.1 Å². The molecule has 1 aromatic rings. The Labute approximate surface area is 149 Å². The van der Waals surface area contributed by atoms with Gasteiger partial charge in [0.15, 0.2) is 0 Å². The highest BCUT2D eigenvalue weighted by Crippen LogP contribution is 2.20. The van der Waals surface area contributed by atoms with Gasteiger partial charge in [0.05, 0.1) is 9.82 Å². The van der Waals surface area contributed by atoms with Gasteiger partial charge in [0.25, 0.3) is 5.78 Å². The molecule has 1 aromatic carbocycles. The first kappa shape index (κ1) is 19.5. The Morgan fingerprint density at radius 3 is 2.50 bits per heavy atom. The van der Waals surface area contributed by atoms with Crippen LogP contribution in [0.1, 0.15) is 12.0 Å². The number of aliphatic carboxylic acids is 1. The highest BCUT2D eigenvalue weighted by atomic mass is 32.2. The van der Waals surface area contributed by atoms with E-state index in [1.165, 1.54) is 18.2 Å². The fourth-order valence-corrected chi connectivity index (χ4v) is 3.58. The predicted octanol–water partition coefficient (Wildman–Crippen LogP) is 1.03. The minimum Gasteiger partial charge on any atom is -0.480 e. The third-order valence-electron chi connectivity index (χ3n) is 3.75. The van der Waals surface area contributed by atoms with Gasteiger partial charge >= 0.3 is 11.7 Å². The summed E-state index contributed by atoms with van der Waals surface area (Å²) in [4.78, 5) is 32.7. The van der Waals surface area contributed by atoms with Crippen LogP contribution >= 0.6 is 0 Å². The van der Waals surface area contributed by atoms with Crippen molar-refractivity contribution in [3.8, 4) is 0 Å². The summed E-state index contributed by atoms with van der Waals surface area (Å²) in [6, 6.07) is 4.33. The lowest BCUT2D eigenvalue weighted by atomic mass is 9.94. The Balaban J connectivity index is 2.21. The molecule has 0 unspecified atom stereocenters. The number of aryl methyl sites for hydroxylation is 1. The molecule has 0 fully saturated rings. The molecular weight excluding hydrogens is 364 g/mol. The first-order valence-corrected chi connectivity index (χ1v) is 8.99. The summed E-state index contributed by atoms with van der Waals surface area (Å²) in [5, 5.41) is 20.1. The zero-order valence-electron chi connectivity index (χ0n) is 13.7. The van der Waals surface area contributed by atoms with Crippen LogP contribution in [-0.2, 0) is 19.6 Å². The molecule has 2 rings (SSSR count). The maximum atomic E-state index is 12.4. The topological polar surface area (TPSA) is 144 Å². The average molecular weight is 380 g/mol. The molecule has 0 bridgehead atoms. The lowest BCUT2D eigenvalue weighted by molar-refractivity contribution is -0.418. The molecule has 1 aliphatic rings. The molecular formula is C16H16N2O7S. The molecule has 0 radical (unpaired) electrons. The summed E-state index contributed by atoms with van der Waals surface area (Å²) >= 11 is 0. The number of rotatable bonds is 7. The van der Waals surface area contributed by atoms with Gasteiger partial charge in [0.1, 0.15) is 6.04 Å². The van der Waals surface area contributed by atoms with Gasteiger partial charge in [-0.1, -0.05) is 23.8 Å². The van der Waals surface area contributed by atoms with Crippen molar-refractivity contribution in [2.45, 2.75) is 24.3 Å². The first-order valence-electron chi connectivity index (χ1n) is 7.50. The van der Waals surface area contributed by atoms with Crippen LogP contribution in [0, 0.1) is 23.0 Å². The Bertz CT molecular complexity index is 901. The molecule has 26 heavy (non-hydrogen) atoms. The van der Waals surface area contributed by atoms with E-state index in [0.717, 1.165) is 17.7 Å². The summed E-state index contributed by atoms with van der Waals surface area (Å²) in [6.45, 7) is 1.78. The zero-order chi connectivity index (χ0) is 19.5. The number of allylic oxidation sites excluding steroid dienone is 3. The van der Waals surface area contributed by atoms with Crippen LogP contribution in [0.2, 0.25) is 0 Å². The number of carbonyl (C=O) groups excluding carboxylic acids is 1. The molecule has 0 spiro atoms. The van der Waals surface area contributed by atoms with Gasteiger partial charge < -0.3 is 5.11 Å². The maximum Gasteiger partial charge on any atom is 0.321 e. The minimum absolute atomic E-state index is 0.0924. The molecule has 1 aliphatic carbocycles. The Kier molecular flexibility index (Phi) is 5.68. The second-order valence-electron chi connectivity index (χ2n) is 5.76. The van der Waals surface area contributed by atoms with E-state index in [1.807, 2.05) is 0 Å². The number of nitro groups is 1. The molecule has 2 N–H and O–H groups in total. The number of carboxylic acid groups (broad SMARTS) is 1. The van der Waals surface area contributed by atoms with Gasteiger partial charge in [-0.15, -0.1) is 0 Å². The number of carbonyl (C=O) groups is 2. The molecule has 9 nitrogen and oxygen atoms in total. The van der Waals surface area contributed by atoms with Gasteiger partial charge in [0.2, 0.25) is 10.0 Å². The number of nitrogens with one attached hydrogen (secondary N) is 1. The molecule has 0 saturated carbocycles. The van der Waals surface area contributed by atoms with E-state index >= 15 is 0 Å². The van der Waals surface area contributed by atoms with Gasteiger partial charge in [0, 0.05) is 12.0 Å². The van der Waals surface area contributed by atoms with Crippen molar-refractivity contribution in [2.75, 3.05) is 0 Å². The molecule has 0 aromatic heterocycles. The van der Waals surface area contributed by atoms with Crippen LogP contribution in [0.3, 0.4) is 0 Å². The van der Waals surface area contributed by atoms with E-state index in [0.29, 0.717) is 0 Å². The Morgan fingerprint density at radius 2 is 1.96 bits per heavy atom. The third kappa shape index (κ3) is 4.61. The molecule has 0 heterocycles. The molecule has 0 aliphatic heterocycles. The quantitative estimate of drug-likeness (QED) is 0.531. The van der Waals surface area contributed by atoms with Crippen LogP contribution in [-0.4, -0.2) is 36.2 Å². The number of carboxylic acids is 1. The van der Waals surface area contributed by atoms with E-state index in [-0.39, 0.29) is 11.3 Å². The lowest BCUT2D eigenvalue weighted by Gasteiger charge is -2.18. The van der Waals surface area contributed by atoms with Gasteiger partial charge in [-0.05, 0) is 31.6 Å². The number of sulfonamides is 1. The van der Waals surface area contributed by atoms with Crippen molar-refractivity contribution in [3.05, 3.63) is 63.9 Å². The molecule has 2 atom stereocenters. The minimum atomic E-state index is -4.09. The van der Waals surface area contributed by atoms with Gasteiger partial charge in [-0.2, -0.15) is 4.72 Å². The second-order valence-corrected chi connectivity index (χ2v) is 7.47. The summed E-state index contributed by atoms with van der Waals surface area (Å²) in [5.41, 5.74) is 0.177. The first-order chi connectivity index (χ1) is 12.1. The third-order valence-corrected chi connectivity index (χ3v) is 5.24. The van der Waals surface area contributed by atoms with E-state index in [2.05, 4.69) is 4.72 Å². The highest BCUT2D eigenvalue weighted by Gasteiger charge is 2.31. The van der Waals surface area contributed by atoms with Crippen molar-refractivity contribution >= 4 is 21.8 Å². The summed E-state index contributed by atoms with van der Waals surface area (Å²) < 4.78 is 26.8. The Hall–Kier alpha value is -2.85. The number of hydrogen-bond donors (Lipinski definition) is 2. The van der Waals surface area contributed by atoms with E-state index in [4.69, 9.17) is 0 Å². The van der Waals surface area contributed by atoms with Crippen LogP contribution in [0.5, 0.6) is 0 Å². The molecule has 0 amide bonds. The van der Waals surface area contributed by atoms with Crippen LogP contribution in [0.4, 0.5) is 0 Å². The van der Waals surface area contributed by atoms with Crippen molar-refractivity contribution < 1.29 is 28.0 Å². The van der Waals surface area contributed by atoms with E-state index < -0.39 is 44.4 Å². The standard InChI is InChI=1S/C16H16N2O7S/c1-10-2-5-12(6-3-10)26(24,25)17-13(16(20)21)8-11-4-7-15(19)14(9-11)18(22)23/h2-7,9,11,13,17H,8H2,1H3,(H,20,21)/t11-,13-/m0/s1. The smallest absolute Gasteiger partial charge is 0.321 e.